The number of hydrogen-bond acceptors (Lipinski definition) is 2. The van der Waals surface area contributed by atoms with Crippen LogP contribution >= 0.6 is 39.1 Å². The van der Waals surface area contributed by atoms with Gasteiger partial charge in [0.25, 0.3) is 0 Å². The molecule has 0 bridgehead atoms. The first-order valence-corrected chi connectivity index (χ1v) is 6.32. The van der Waals surface area contributed by atoms with Gasteiger partial charge in [0.15, 0.2) is 0 Å². The summed E-state index contributed by atoms with van der Waals surface area (Å²) in [5.41, 5.74) is 1.90. The number of hydrogen-bond donors (Lipinski definition) is 0. The van der Waals surface area contributed by atoms with Crippen LogP contribution < -0.4 is 4.74 Å². The molecular formula is C12H8BrCl2NO. The number of halogens is 3. The second-order valence-corrected chi connectivity index (χ2v) is 4.98. The third-order valence-corrected chi connectivity index (χ3v) is 3.25. The van der Waals surface area contributed by atoms with Crippen molar-refractivity contribution in [1.29, 1.82) is 0 Å². The van der Waals surface area contributed by atoms with E-state index < -0.39 is 0 Å². The van der Waals surface area contributed by atoms with E-state index in [0.29, 0.717) is 10.3 Å². The second kappa shape index (κ2) is 5.25. The van der Waals surface area contributed by atoms with Gasteiger partial charge >= 0.3 is 0 Å². The summed E-state index contributed by atoms with van der Waals surface area (Å²) in [6.45, 7) is 0. The smallest absolute Gasteiger partial charge is 0.133 e. The zero-order valence-electron chi connectivity index (χ0n) is 8.88. The molecule has 88 valence electrons. The van der Waals surface area contributed by atoms with Crippen molar-refractivity contribution in [2.75, 3.05) is 7.11 Å². The van der Waals surface area contributed by atoms with Crippen molar-refractivity contribution >= 4 is 39.1 Å². The molecule has 1 heterocycles. The molecule has 2 rings (SSSR count). The monoisotopic (exact) mass is 331 g/mol. The van der Waals surface area contributed by atoms with Gasteiger partial charge in [-0.1, -0.05) is 29.3 Å². The molecule has 5 heteroatoms. The van der Waals surface area contributed by atoms with Crippen LogP contribution in [0.25, 0.3) is 11.1 Å². The molecule has 0 aliphatic rings. The van der Waals surface area contributed by atoms with Crippen molar-refractivity contribution in [3.8, 4) is 16.9 Å². The fourth-order valence-corrected chi connectivity index (χ4v) is 2.48. The Morgan fingerprint density at radius 3 is 2.24 bits per heavy atom. The molecule has 0 radical (unpaired) electrons. The second-order valence-electron chi connectivity index (χ2n) is 3.35. The largest absolute Gasteiger partial charge is 0.496 e. The van der Waals surface area contributed by atoms with E-state index in [4.69, 9.17) is 27.9 Å². The number of methoxy groups -OCH3 is 1. The Hall–Kier alpha value is -0.770. The van der Waals surface area contributed by atoms with E-state index >= 15 is 0 Å². The van der Waals surface area contributed by atoms with E-state index in [1.807, 2.05) is 18.2 Å². The van der Waals surface area contributed by atoms with E-state index in [0.717, 1.165) is 21.3 Å². The summed E-state index contributed by atoms with van der Waals surface area (Å²) in [6, 6.07) is 9.29. The average molecular weight is 333 g/mol. The third kappa shape index (κ3) is 2.92. The predicted molar refractivity (Wildman–Crippen MR) is 73.9 cm³/mol. The molecule has 1 aromatic carbocycles. The minimum Gasteiger partial charge on any atom is -0.496 e. The van der Waals surface area contributed by atoms with Gasteiger partial charge in [0.2, 0.25) is 0 Å². The number of rotatable bonds is 2. The molecule has 2 nitrogen and oxygen atoms in total. The molecule has 0 saturated carbocycles. The maximum absolute atomic E-state index is 5.87. The summed E-state index contributed by atoms with van der Waals surface area (Å²) in [7, 11) is 1.62. The SMILES string of the molecule is COc1ccc(-c2cc(Cl)nc(Cl)c2)cc1Br. The fourth-order valence-electron chi connectivity index (χ4n) is 1.48. The van der Waals surface area contributed by atoms with E-state index in [2.05, 4.69) is 20.9 Å². The first-order chi connectivity index (χ1) is 8.10. The van der Waals surface area contributed by atoms with Crippen LogP contribution in [0.5, 0.6) is 5.75 Å². The first kappa shape index (κ1) is 12.7. The van der Waals surface area contributed by atoms with Gasteiger partial charge in [-0.2, -0.15) is 0 Å². The highest BCUT2D eigenvalue weighted by molar-refractivity contribution is 9.10. The summed E-state index contributed by atoms with van der Waals surface area (Å²) >= 11 is 15.2. The standard InChI is InChI=1S/C12H8BrCl2NO/c1-17-10-3-2-7(4-9(10)13)8-5-11(14)16-12(15)6-8/h2-6H,1H3. The number of pyridine rings is 1. The highest BCUT2D eigenvalue weighted by Crippen LogP contribution is 2.32. The lowest BCUT2D eigenvalue weighted by atomic mass is 10.1. The van der Waals surface area contributed by atoms with Crippen molar-refractivity contribution in [2.45, 2.75) is 0 Å². The molecule has 2 aromatic rings. The third-order valence-electron chi connectivity index (χ3n) is 2.25. The Balaban J connectivity index is 2.49. The van der Waals surface area contributed by atoms with Crippen LogP contribution in [0.4, 0.5) is 0 Å². The molecule has 0 aliphatic heterocycles. The molecule has 0 aliphatic carbocycles. The number of ether oxygens (including phenoxy) is 1. The maximum Gasteiger partial charge on any atom is 0.133 e. The van der Waals surface area contributed by atoms with Gasteiger partial charge in [-0.3, -0.25) is 0 Å². The Morgan fingerprint density at radius 1 is 1.06 bits per heavy atom. The van der Waals surface area contributed by atoms with Gasteiger partial charge in [0, 0.05) is 0 Å². The van der Waals surface area contributed by atoms with Crippen molar-refractivity contribution in [3.05, 3.63) is 45.1 Å². The van der Waals surface area contributed by atoms with Gasteiger partial charge in [-0.25, -0.2) is 4.98 Å². The average Bonchev–Trinajstić information content (AvgIpc) is 2.27. The van der Waals surface area contributed by atoms with E-state index in [-0.39, 0.29) is 0 Å². The molecule has 0 unspecified atom stereocenters. The van der Waals surface area contributed by atoms with E-state index in [9.17, 15) is 0 Å². The molecule has 0 N–H and O–H groups in total. The Bertz CT molecular complexity index is 540. The van der Waals surface area contributed by atoms with Crippen LogP contribution in [0.2, 0.25) is 10.3 Å². The summed E-state index contributed by atoms with van der Waals surface area (Å²) in [5.74, 6) is 0.778. The lowest BCUT2D eigenvalue weighted by molar-refractivity contribution is 0.412. The molecular weight excluding hydrogens is 325 g/mol. The minimum absolute atomic E-state index is 0.374. The summed E-state index contributed by atoms with van der Waals surface area (Å²) in [4.78, 5) is 3.91. The van der Waals surface area contributed by atoms with Gasteiger partial charge in [-0.15, -0.1) is 0 Å². The van der Waals surface area contributed by atoms with Gasteiger partial charge in [-0.05, 0) is 51.3 Å². The quantitative estimate of drug-likeness (QED) is 0.735. The lowest BCUT2D eigenvalue weighted by Crippen LogP contribution is -1.86. The summed E-state index contributed by atoms with van der Waals surface area (Å²) < 4.78 is 6.05. The molecule has 0 spiro atoms. The highest BCUT2D eigenvalue weighted by Gasteiger charge is 2.06. The Morgan fingerprint density at radius 2 is 1.71 bits per heavy atom. The number of benzene rings is 1. The normalized spacial score (nSPS) is 10.4. The van der Waals surface area contributed by atoms with Crippen LogP contribution in [-0.2, 0) is 0 Å². The van der Waals surface area contributed by atoms with Crippen LogP contribution in [0.3, 0.4) is 0 Å². The fraction of sp³-hybridized carbons (Fsp3) is 0.0833. The zero-order chi connectivity index (χ0) is 12.4. The minimum atomic E-state index is 0.374. The van der Waals surface area contributed by atoms with Crippen LogP contribution in [0.1, 0.15) is 0 Å². The van der Waals surface area contributed by atoms with Crippen molar-refractivity contribution in [2.24, 2.45) is 0 Å². The van der Waals surface area contributed by atoms with Gasteiger partial charge < -0.3 is 4.74 Å². The van der Waals surface area contributed by atoms with E-state index in [1.165, 1.54) is 0 Å². The molecule has 0 fully saturated rings. The topological polar surface area (TPSA) is 22.1 Å². The molecule has 0 atom stereocenters. The van der Waals surface area contributed by atoms with E-state index in [1.54, 1.807) is 19.2 Å². The summed E-state index contributed by atoms with van der Waals surface area (Å²) in [5, 5.41) is 0.749. The molecule has 0 saturated heterocycles. The van der Waals surface area contributed by atoms with Crippen molar-refractivity contribution < 1.29 is 4.74 Å². The number of aromatic nitrogens is 1. The molecule has 17 heavy (non-hydrogen) atoms. The number of nitrogens with zero attached hydrogens (tertiary/aromatic N) is 1. The maximum atomic E-state index is 5.87. The zero-order valence-corrected chi connectivity index (χ0v) is 12.0. The first-order valence-electron chi connectivity index (χ1n) is 4.77. The van der Waals surface area contributed by atoms with Crippen LogP contribution in [0, 0.1) is 0 Å². The highest BCUT2D eigenvalue weighted by atomic mass is 79.9. The van der Waals surface area contributed by atoms with Crippen molar-refractivity contribution in [1.82, 2.24) is 4.98 Å². The predicted octanol–water partition coefficient (Wildman–Crippen LogP) is 4.83. The molecule has 1 aromatic heterocycles. The Labute approximate surface area is 118 Å². The van der Waals surface area contributed by atoms with Crippen LogP contribution in [-0.4, -0.2) is 12.1 Å². The van der Waals surface area contributed by atoms with Gasteiger partial charge in [0.1, 0.15) is 16.1 Å². The lowest BCUT2D eigenvalue weighted by Gasteiger charge is -2.07. The van der Waals surface area contributed by atoms with Gasteiger partial charge in [0.05, 0.1) is 11.6 Å². The Kier molecular flexibility index (Phi) is 3.92. The van der Waals surface area contributed by atoms with Crippen LogP contribution in [0.15, 0.2) is 34.8 Å². The van der Waals surface area contributed by atoms with Crippen molar-refractivity contribution in [3.63, 3.8) is 0 Å². The summed E-state index contributed by atoms with van der Waals surface area (Å²) in [6.07, 6.45) is 0. The molecule has 0 amide bonds.